The largest absolute Gasteiger partial charge is 0.481 e. The average molecular weight is 469 g/mol. The van der Waals surface area contributed by atoms with E-state index in [1.807, 2.05) is 13.8 Å². The number of ether oxygens (including phenoxy) is 2. The number of aliphatic hydroxyl groups excluding tert-OH is 2. The molecule has 1 aliphatic heterocycles. The van der Waals surface area contributed by atoms with Gasteiger partial charge in [-0.1, -0.05) is 52.3 Å². The first-order valence-electron chi connectivity index (χ1n) is 11.6. The SMILES string of the molecule is CO[C@H](CC(=O)O)[C@@H](C)C(=O)[C@H](C)/C=C(\C)[C@@H]1OC(=O)[C@H](O)[C@H](O)/C=C\[C@H](C)CCC[C@@H]1C. The number of cyclic esters (lactones) is 1. The minimum absolute atomic E-state index is 0.0661. The van der Waals surface area contributed by atoms with Crippen LogP contribution in [0.3, 0.4) is 0 Å². The highest BCUT2D eigenvalue weighted by Crippen LogP contribution is 2.27. The van der Waals surface area contributed by atoms with Gasteiger partial charge in [-0.2, -0.15) is 0 Å². The maximum atomic E-state index is 12.9. The van der Waals surface area contributed by atoms with Crippen LogP contribution in [0.5, 0.6) is 0 Å². The molecule has 8 heteroatoms. The molecular weight excluding hydrogens is 428 g/mol. The Morgan fingerprint density at radius 3 is 2.42 bits per heavy atom. The van der Waals surface area contributed by atoms with Crippen LogP contribution in [0.15, 0.2) is 23.8 Å². The van der Waals surface area contributed by atoms with Crippen molar-refractivity contribution in [2.45, 2.75) is 84.7 Å². The first-order valence-corrected chi connectivity index (χ1v) is 11.6. The molecular formula is C25H40O8. The molecule has 0 aromatic rings. The molecule has 33 heavy (non-hydrogen) atoms. The summed E-state index contributed by atoms with van der Waals surface area (Å²) in [5, 5.41) is 29.3. The number of hydrogen-bond acceptors (Lipinski definition) is 7. The van der Waals surface area contributed by atoms with Crippen LogP contribution in [0.1, 0.15) is 60.3 Å². The predicted molar refractivity (Wildman–Crippen MR) is 123 cm³/mol. The summed E-state index contributed by atoms with van der Waals surface area (Å²) in [5.74, 6) is -3.20. The standard InChI is InChI=1S/C25H40O8/c1-14-8-7-9-15(2)24(33-25(31)23(30)19(26)11-10-14)17(4)12-16(3)22(29)18(5)20(32-6)13-21(27)28/h10-12,14-16,18-20,23-24,26,30H,7-9,13H2,1-6H3,(H,27,28)/b11-10-,17-12+/t14-,15+,16-,18-,19-,20-,23-,24-/m1/s1. The van der Waals surface area contributed by atoms with E-state index in [4.69, 9.17) is 14.6 Å². The molecule has 0 fully saturated rings. The predicted octanol–water partition coefficient (Wildman–Crippen LogP) is 2.91. The summed E-state index contributed by atoms with van der Waals surface area (Å²) in [7, 11) is 1.38. The zero-order chi connectivity index (χ0) is 25.3. The average Bonchev–Trinajstić information content (AvgIpc) is 2.76. The van der Waals surface area contributed by atoms with Crippen LogP contribution >= 0.6 is 0 Å². The van der Waals surface area contributed by atoms with Crippen LogP contribution in [0.25, 0.3) is 0 Å². The molecule has 0 unspecified atom stereocenters. The third-order valence-electron chi connectivity index (χ3n) is 6.38. The summed E-state index contributed by atoms with van der Waals surface area (Å²) in [4.78, 5) is 36.5. The van der Waals surface area contributed by atoms with E-state index < -0.39 is 48.2 Å². The van der Waals surface area contributed by atoms with Crippen molar-refractivity contribution < 1.29 is 39.2 Å². The number of hydrogen-bond donors (Lipinski definition) is 3. The van der Waals surface area contributed by atoms with Gasteiger partial charge in [-0.05, 0) is 37.2 Å². The van der Waals surface area contributed by atoms with Crippen LogP contribution < -0.4 is 0 Å². The molecule has 1 aliphatic rings. The molecule has 0 aromatic carbocycles. The lowest BCUT2D eigenvalue weighted by molar-refractivity contribution is -0.164. The van der Waals surface area contributed by atoms with Gasteiger partial charge in [-0.3, -0.25) is 9.59 Å². The molecule has 0 aliphatic carbocycles. The van der Waals surface area contributed by atoms with Crippen LogP contribution in [-0.4, -0.2) is 64.6 Å². The zero-order valence-corrected chi connectivity index (χ0v) is 20.6. The first kappa shape index (κ1) is 29.0. The van der Waals surface area contributed by atoms with Crippen molar-refractivity contribution >= 4 is 17.7 Å². The van der Waals surface area contributed by atoms with E-state index >= 15 is 0 Å². The summed E-state index contributed by atoms with van der Waals surface area (Å²) in [6.45, 7) is 9.09. The summed E-state index contributed by atoms with van der Waals surface area (Å²) >= 11 is 0. The van der Waals surface area contributed by atoms with E-state index in [1.165, 1.54) is 13.2 Å². The Morgan fingerprint density at radius 1 is 1.21 bits per heavy atom. The Labute approximate surface area is 196 Å². The lowest BCUT2D eigenvalue weighted by Gasteiger charge is -2.28. The second-order valence-electron chi connectivity index (χ2n) is 9.33. The molecule has 3 N–H and O–H groups in total. The normalized spacial score (nSPS) is 31.3. The van der Waals surface area contributed by atoms with Crippen molar-refractivity contribution in [3.05, 3.63) is 23.8 Å². The van der Waals surface area contributed by atoms with Crippen molar-refractivity contribution in [1.82, 2.24) is 0 Å². The van der Waals surface area contributed by atoms with Crippen LogP contribution in [0.2, 0.25) is 0 Å². The minimum atomic E-state index is -1.70. The Balaban J connectivity index is 3.09. The number of carbonyl (C=O) groups is 3. The third-order valence-corrected chi connectivity index (χ3v) is 6.38. The molecule has 1 rings (SSSR count). The van der Waals surface area contributed by atoms with Crippen molar-refractivity contribution in [1.29, 1.82) is 0 Å². The molecule has 188 valence electrons. The van der Waals surface area contributed by atoms with Crippen molar-refractivity contribution in [3.63, 3.8) is 0 Å². The van der Waals surface area contributed by atoms with Gasteiger partial charge in [0, 0.05) is 18.9 Å². The second-order valence-corrected chi connectivity index (χ2v) is 9.33. The third kappa shape index (κ3) is 9.02. The molecule has 0 saturated heterocycles. The van der Waals surface area contributed by atoms with Gasteiger partial charge in [0.25, 0.3) is 0 Å². The summed E-state index contributed by atoms with van der Waals surface area (Å²) in [6.07, 6.45) is 2.76. The summed E-state index contributed by atoms with van der Waals surface area (Å²) in [6, 6.07) is 0. The molecule has 0 bridgehead atoms. The molecule has 8 nitrogen and oxygen atoms in total. The van der Waals surface area contributed by atoms with E-state index in [1.54, 1.807) is 32.9 Å². The Bertz CT molecular complexity index is 728. The molecule has 0 spiro atoms. The van der Waals surface area contributed by atoms with Gasteiger partial charge in [0.05, 0.1) is 12.5 Å². The lowest BCUT2D eigenvalue weighted by atomic mass is 9.86. The number of esters is 1. The van der Waals surface area contributed by atoms with Crippen LogP contribution in [0.4, 0.5) is 0 Å². The Morgan fingerprint density at radius 2 is 1.85 bits per heavy atom. The second kappa shape index (κ2) is 13.6. The molecule has 8 atom stereocenters. The van der Waals surface area contributed by atoms with E-state index in [9.17, 15) is 24.6 Å². The van der Waals surface area contributed by atoms with Crippen molar-refractivity contribution in [2.75, 3.05) is 7.11 Å². The van der Waals surface area contributed by atoms with Gasteiger partial charge in [0.1, 0.15) is 18.0 Å². The number of aliphatic hydroxyl groups is 2. The molecule has 0 amide bonds. The van der Waals surface area contributed by atoms with Gasteiger partial charge in [-0.15, -0.1) is 0 Å². The highest BCUT2D eigenvalue weighted by atomic mass is 16.6. The van der Waals surface area contributed by atoms with Gasteiger partial charge < -0.3 is 24.8 Å². The van der Waals surface area contributed by atoms with E-state index in [2.05, 4.69) is 0 Å². The fourth-order valence-electron chi connectivity index (χ4n) is 4.22. The maximum absolute atomic E-state index is 12.9. The maximum Gasteiger partial charge on any atom is 0.338 e. The Hall–Kier alpha value is -2.03. The summed E-state index contributed by atoms with van der Waals surface area (Å²) in [5.41, 5.74) is 0.665. The number of rotatable bonds is 8. The fraction of sp³-hybridized carbons (Fsp3) is 0.720. The number of ketones is 1. The number of allylic oxidation sites excluding steroid dienone is 2. The van der Waals surface area contributed by atoms with Gasteiger partial charge in [-0.25, -0.2) is 4.79 Å². The quantitative estimate of drug-likeness (QED) is 0.366. The van der Waals surface area contributed by atoms with Gasteiger partial charge in [0.15, 0.2) is 6.10 Å². The fourth-order valence-corrected chi connectivity index (χ4v) is 4.22. The smallest absolute Gasteiger partial charge is 0.338 e. The number of Topliss-reactive ketones (excluding diaryl/α,β-unsaturated/α-hetero) is 1. The minimum Gasteiger partial charge on any atom is -0.481 e. The number of methoxy groups -OCH3 is 1. The van der Waals surface area contributed by atoms with Crippen molar-refractivity contribution in [2.24, 2.45) is 23.7 Å². The topological polar surface area (TPSA) is 130 Å². The number of aliphatic carboxylic acids is 1. The first-order chi connectivity index (χ1) is 15.4. The highest BCUT2D eigenvalue weighted by molar-refractivity contribution is 5.85. The van der Waals surface area contributed by atoms with Crippen LogP contribution in [0, 0.1) is 23.7 Å². The number of carboxylic acids is 1. The Kier molecular flexibility index (Phi) is 12.0. The summed E-state index contributed by atoms with van der Waals surface area (Å²) < 4.78 is 10.8. The van der Waals surface area contributed by atoms with Crippen molar-refractivity contribution in [3.8, 4) is 0 Å². The van der Waals surface area contributed by atoms with E-state index in [-0.39, 0.29) is 24.0 Å². The van der Waals surface area contributed by atoms with E-state index in [0.717, 1.165) is 19.3 Å². The zero-order valence-electron chi connectivity index (χ0n) is 20.6. The lowest BCUT2D eigenvalue weighted by Crippen LogP contribution is -2.39. The van der Waals surface area contributed by atoms with Crippen LogP contribution in [-0.2, 0) is 23.9 Å². The number of carbonyl (C=O) groups excluding carboxylic acids is 2. The van der Waals surface area contributed by atoms with Gasteiger partial charge in [0.2, 0.25) is 0 Å². The number of carboxylic acid groups (broad SMARTS) is 1. The van der Waals surface area contributed by atoms with Gasteiger partial charge >= 0.3 is 11.9 Å². The highest BCUT2D eigenvalue weighted by Gasteiger charge is 2.32. The molecule has 0 radical (unpaired) electrons. The van der Waals surface area contributed by atoms with E-state index in [0.29, 0.717) is 5.57 Å². The molecule has 1 heterocycles. The monoisotopic (exact) mass is 468 g/mol. The molecule has 0 aromatic heterocycles. The molecule has 0 saturated carbocycles.